The minimum absolute atomic E-state index is 0.419. The van der Waals surface area contributed by atoms with Crippen molar-refractivity contribution in [3.05, 3.63) is 30.3 Å². The highest BCUT2D eigenvalue weighted by Crippen LogP contribution is 2.13. The van der Waals surface area contributed by atoms with Crippen molar-refractivity contribution in [1.82, 2.24) is 0 Å². The van der Waals surface area contributed by atoms with Gasteiger partial charge in [-0.25, -0.2) is 4.79 Å². The Balaban J connectivity index is 2.73. The summed E-state index contributed by atoms with van der Waals surface area (Å²) in [6.07, 6.45) is 0.834. The number of benzene rings is 1. The molecule has 2 amide bonds. The number of hydrogen-bond acceptors (Lipinski definition) is 2. The summed E-state index contributed by atoms with van der Waals surface area (Å²) in [5.41, 5.74) is 6.11. The van der Waals surface area contributed by atoms with E-state index < -0.39 is 6.03 Å². The molecule has 0 fully saturated rings. The normalized spacial score (nSPS) is 9.79. The highest BCUT2D eigenvalue weighted by atomic mass is 32.1. The lowest BCUT2D eigenvalue weighted by molar-refractivity contribution is 0.254. The van der Waals surface area contributed by atoms with E-state index in [4.69, 9.17) is 5.73 Å². The van der Waals surface area contributed by atoms with E-state index in [1.165, 1.54) is 0 Å². The monoisotopic (exact) mass is 210 g/mol. The van der Waals surface area contributed by atoms with Crippen LogP contribution < -0.4 is 10.6 Å². The molecular formula is C10H14N2OS. The Labute approximate surface area is 89.3 Å². The van der Waals surface area contributed by atoms with Gasteiger partial charge in [0.2, 0.25) is 0 Å². The number of hydrogen-bond donors (Lipinski definition) is 2. The zero-order valence-electron chi connectivity index (χ0n) is 7.89. The minimum Gasteiger partial charge on any atom is -0.351 e. The van der Waals surface area contributed by atoms with Crippen LogP contribution >= 0.6 is 12.6 Å². The van der Waals surface area contributed by atoms with Gasteiger partial charge in [-0.3, -0.25) is 4.90 Å². The van der Waals surface area contributed by atoms with Crippen LogP contribution in [0.15, 0.2) is 30.3 Å². The van der Waals surface area contributed by atoms with Gasteiger partial charge in [-0.15, -0.1) is 0 Å². The maximum absolute atomic E-state index is 11.1. The van der Waals surface area contributed by atoms with Gasteiger partial charge in [0.1, 0.15) is 0 Å². The number of urea groups is 1. The summed E-state index contributed by atoms with van der Waals surface area (Å²) in [7, 11) is 0. The van der Waals surface area contributed by atoms with Crippen molar-refractivity contribution >= 4 is 24.3 Å². The molecule has 0 radical (unpaired) electrons. The third-order valence-corrected chi connectivity index (χ3v) is 2.19. The van der Waals surface area contributed by atoms with Gasteiger partial charge in [0.15, 0.2) is 0 Å². The molecule has 0 aromatic heterocycles. The number of carbonyl (C=O) groups is 1. The maximum Gasteiger partial charge on any atom is 0.319 e. The van der Waals surface area contributed by atoms with Crippen LogP contribution in [0, 0.1) is 0 Å². The second kappa shape index (κ2) is 5.54. The number of carbonyl (C=O) groups excluding carboxylic acids is 1. The largest absolute Gasteiger partial charge is 0.351 e. The van der Waals surface area contributed by atoms with Crippen LogP contribution in [0.5, 0.6) is 0 Å². The summed E-state index contributed by atoms with van der Waals surface area (Å²) >= 11 is 4.10. The fourth-order valence-corrected chi connectivity index (χ4v) is 1.34. The summed E-state index contributed by atoms with van der Waals surface area (Å²) in [6.45, 7) is 0.614. The van der Waals surface area contributed by atoms with E-state index >= 15 is 0 Å². The molecule has 0 aliphatic rings. The lowest BCUT2D eigenvalue weighted by atomic mass is 10.3. The third-order valence-electron chi connectivity index (χ3n) is 1.87. The molecule has 14 heavy (non-hydrogen) atoms. The van der Waals surface area contributed by atoms with Crippen molar-refractivity contribution in [3.8, 4) is 0 Å². The second-order valence-electron chi connectivity index (χ2n) is 2.90. The number of para-hydroxylation sites is 1. The smallest absolute Gasteiger partial charge is 0.319 e. The van der Waals surface area contributed by atoms with Crippen molar-refractivity contribution < 1.29 is 4.79 Å². The second-order valence-corrected chi connectivity index (χ2v) is 3.35. The lowest BCUT2D eigenvalue weighted by Gasteiger charge is -2.19. The zero-order chi connectivity index (χ0) is 10.4. The molecule has 0 saturated carbocycles. The standard InChI is InChI=1S/C10H14N2OS/c11-10(13)12(7-4-8-14)9-5-2-1-3-6-9/h1-3,5-6,14H,4,7-8H2,(H2,11,13). The van der Waals surface area contributed by atoms with Crippen LogP contribution in [0.4, 0.5) is 10.5 Å². The van der Waals surface area contributed by atoms with E-state index in [0.717, 1.165) is 17.9 Å². The molecule has 1 aromatic rings. The highest BCUT2D eigenvalue weighted by Gasteiger charge is 2.10. The van der Waals surface area contributed by atoms with Crippen LogP contribution in [-0.2, 0) is 0 Å². The zero-order valence-corrected chi connectivity index (χ0v) is 8.78. The SMILES string of the molecule is NC(=O)N(CCCS)c1ccccc1. The van der Waals surface area contributed by atoms with Gasteiger partial charge in [-0.2, -0.15) is 12.6 Å². The van der Waals surface area contributed by atoms with Crippen LogP contribution in [-0.4, -0.2) is 18.3 Å². The van der Waals surface area contributed by atoms with Crippen molar-refractivity contribution in [3.63, 3.8) is 0 Å². The number of amides is 2. The fourth-order valence-electron chi connectivity index (χ4n) is 1.20. The van der Waals surface area contributed by atoms with Crippen LogP contribution in [0.2, 0.25) is 0 Å². The quantitative estimate of drug-likeness (QED) is 0.732. The molecule has 76 valence electrons. The summed E-state index contributed by atoms with van der Waals surface area (Å²) in [5, 5.41) is 0. The highest BCUT2D eigenvalue weighted by molar-refractivity contribution is 7.80. The Morgan fingerprint density at radius 3 is 2.50 bits per heavy atom. The molecule has 0 heterocycles. The predicted molar refractivity (Wildman–Crippen MR) is 61.8 cm³/mol. The van der Waals surface area contributed by atoms with Crippen molar-refractivity contribution in [1.29, 1.82) is 0 Å². The number of anilines is 1. The molecule has 0 aliphatic heterocycles. The Hall–Kier alpha value is -1.16. The predicted octanol–water partition coefficient (Wildman–Crippen LogP) is 1.89. The molecule has 2 N–H and O–H groups in total. The van der Waals surface area contributed by atoms with Gasteiger partial charge in [0.25, 0.3) is 0 Å². The van der Waals surface area contributed by atoms with E-state index in [2.05, 4.69) is 12.6 Å². The van der Waals surface area contributed by atoms with Crippen molar-refractivity contribution in [2.45, 2.75) is 6.42 Å². The number of primary amides is 1. The number of rotatable bonds is 4. The van der Waals surface area contributed by atoms with Crippen molar-refractivity contribution in [2.24, 2.45) is 5.73 Å². The summed E-state index contributed by atoms with van der Waals surface area (Å²) < 4.78 is 0. The van der Waals surface area contributed by atoms with Gasteiger partial charge < -0.3 is 5.73 Å². The molecule has 4 heteroatoms. The maximum atomic E-state index is 11.1. The molecule has 1 aromatic carbocycles. The molecule has 0 unspecified atom stereocenters. The topological polar surface area (TPSA) is 46.3 Å². The third kappa shape index (κ3) is 2.96. The fraction of sp³-hybridized carbons (Fsp3) is 0.300. The van der Waals surface area contributed by atoms with E-state index in [0.29, 0.717) is 6.54 Å². The Morgan fingerprint density at radius 2 is 2.00 bits per heavy atom. The molecule has 0 atom stereocenters. The number of nitrogens with two attached hydrogens (primary N) is 1. The first kappa shape index (κ1) is 10.9. The van der Waals surface area contributed by atoms with Crippen molar-refractivity contribution in [2.75, 3.05) is 17.2 Å². The molecule has 0 saturated heterocycles. The first-order valence-corrected chi connectivity index (χ1v) is 5.12. The molecule has 1 rings (SSSR count). The average molecular weight is 210 g/mol. The van der Waals surface area contributed by atoms with Gasteiger partial charge >= 0.3 is 6.03 Å². The summed E-state index contributed by atoms with van der Waals surface area (Å²) in [6, 6.07) is 8.98. The van der Waals surface area contributed by atoms with Gasteiger partial charge in [-0.1, -0.05) is 18.2 Å². The molecule has 3 nitrogen and oxygen atoms in total. The van der Waals surface area contributed by atoms with Crippen LogP contribution in [0.25, 0.3) is 0 Å². The van der Waals surface area contributed by atoms with Crippen LogP contribution in [0.3, 0.4) is 0 Å². The van der Waals surface area contributed by atoms with E-state index in [1.54, 1.807) is 4.90 Å². The van der Waals surface area contributed by atoms with Gasteiger partial charge in [-0.05, 0) is 24.3 Å². The first-order valence-electron chi connectivity index (χ1n) is 4.48. The van der Waals surface area contributed by atoms with E-state index in [1.807, 2.05) is 30.3 Å². The lowest BCUT2D eigenvalue weighted by Crippen LogP contribution is -2.36. The first-order chi connectivity index (χ1) is 6.75. The average Bonchev–Trinajstić information content (AvgIpc) is 2.19. The molecule has 0 spiro atoms. The Kier molecular flexibility index (Phi) is 4.32. The minimum atomic E-state index is -0.419. The van der Waals surface area contributed by atoms with Crippen LogP contribution in [0.1, 0.15) is 6.42 Å². The number of nitrogens with zero attached hydrogens (tertiary/aromatic N) is 1. The summed E-state index contributed by atoms with van der Waals surface area (Å²) in [4.78, 5) is 12.7. The molecule has 0 bridgehead atoms. The summed E-state index contributed by atoms with van der Waals surface area (Å²) in [5.74, 6) is 0.747. The van der Waals surface area contributed by atoms with E-state index in [9.17, 15) is 4.79 Å². The Bertz CT molecular complexity index is 289. The van der Waals surface area contributed by atoms with Gasteiger partial charge in [0.05, 0.1) is 0 Å². The van der Waals surface area contributed by atoms with E-state index in [-0.39, 0.29) is 0 Å². The number of thiol groups is 1. The Morgan fingerprint density at radius 1 is 1.36 bits per heavy atom. The van der Waals surface area contributed by atoms with Gasteiger partial charge in [0, 0.05) is 12.2 Å². The molecular weight excluding hydrogens is 196 g/mol. The molecule has 0 aliphatic carbocycles.